The molecule has 0 unspecified atom stereocenters. The quantitative estimate of drug-likeness (QED) is 0.200. The number of amides is 2. The highest BCUT2D eigenvalue weighted by atomic mass is 16.2. The number of urea groups is 1. The molecule has 0 aliphatic carbocycles. The second-order valence-corrected chi connectivity index (χ2v) is 5.99. The van der Waals surface area contributed by atoms with Crippen LogP contribution in [0.25, 0.3) is 0 Å². The number of nitrogens with two attached hydrogens (primary N) is 3. The number of hydrogen-bond acceptors (Lipinski definition) is 3. The van der Waals surface area contributed by atoms with Gasteiger partial charge < -0.3 is 5.73 Å². The zero-order valence-corrected chi connectivity index (χ0v) is 15.0. The molecule has 0 aliphatic rings. The maximum absolute atomic E-state index is 9.60. The van der Waals surface area contributed by atoms with Crippen LogP contribution in [0.5, 0.6) is 0 Å². The van der Waals surface area contributed by atoms with E-state index in [1.54, 1.807) is 0 Å². The van der Waals surface area contributed by atoms with Crippen LogP contribution in [0.3, 0.4) is 0 Å². The van der Waals surface area contributed by atoms with E-state index in [0.29, 0.717) is 5.12 Å². The first-order chi connectivity index (χ1) is 10.6. The van der Waals surface area contributed by atoms with Crippen molar-refractivity contribution in [3.63, 3.8) is 0 Å². The Balaban J connectivity index is 0. The average Bonchev–Trinajstić information content (AvgIpc) is 2.49. The largest absolute Gasteiger partial charge is 0.349 e. The van der Waals surface area contributed by atoms with Crippen LogP contribution >= 0.6 is 0 Å². The maximum atomic E-state index is 9.60. The molecule has 22 heavy (non-hydrogen) atoms. The van der Waals surface area contributed by atoms with Crippen LogP contribution in [0.2, 0.25) is 0 Å². The van der Waals surface area contributed by atoms with E-state index in [1.165, 1.54) is 89.9 Å². The minimum Gasteiger partial charge on any atom is -0.349 e. The van der Waals surface area contributed by atoms with Gasteiger partial charge in [0.15, 0.2) is 0 Å². The van der Waals surface area contributed by atoms with Crippen LogP contribution in [-0.2, 0) is 0 Å². The monoisotopic (exact) mass is 316 g/mol. The molecule has 0 fully saturated rings. The molecule has 5 heteroatoms. The molecule has 0 spiro atoms. The number of rotatable bonds is 13. The van der Waals surface area contributed by atoms with Crippen LogP contribution in [0.1, 0.15) is 104 Å². The summed E-state index contributed by atoms with van der Waals surface area (Å²) in [5.41, 5.74) is 4.47. The van der Waals surface area contributed by atoms with Gasteiger partial charge in [-0.3, -0.25) is 0 Å². The Bertz CT molecular complexity index is 209. The first-order valence-corrected chi connectivity index (χ1v) is 9.15. The molecule has 0 atom stereocenters. The molecule has 0 aromatic rings. The maximum Gasteiger partial charge on any atom is 0.343 e. The first-order valence-electron chi connectivity index (χ1n) is 9.15. The van der Waals surface area contributed by atoms with Crippen LogP contribution < -0.4 is 17.4 Å². The van der Waals surface area contributed by atoms with E-state index in [-0.39, 0.29) is 0 Å². The van der Waals surface area contributed by atoms with Crippen LogP contribution in [0.15, 0.2) is 0 Å². The predicted octanol–water partition coefficient (Wildman–Crippen LogP) is 4.60. The van der Waals surface area contributed by atoms with Gasteiger partial charge in [0.1, 0.15) is 0 Å². The molecule has 0 bridgehead atoms. The summed E-state index contributed by atoms with van der Waals surface area (Å²) < 4.78 is 0. The molecule has 0 radical (unpaired) electrons. The highest BCUT2D eigenvalue weighted by Gasteiger charge is 1.93. The molecule has 0 aromatic heterocycles. The minimum absolute atomic E-state index is 0.306. The summed E-state index contributed by atoms with van der Waals surface area (Å²) in [6.45, 7) is 4.58. The van der Waals surface area contributed by atoms with Crippen molar-refractivity contribution >= 4 is 6.03 Å². The Morgan fingerprint density at radius 1 is 0.636 bits per heavy atom. The number of nitrogens with zero attached hydrogens (tertiary/aromatic N) is 1. The zero-order valence-electron chi connectivity index (χ0n) is 15.0. The average molecular weight is 317 g/mol. The molecular formula is C17H40N4O. The van der Waals surface area contributed by atoms with Gasteiger partial charge >= 0.3 is 6.03 Å². The fraction of sp³-hybridized carbons (Fsp3) is 0.941. The van der Waals surface area contributed by atoms with Gasteiger partial charge in [0.2, 0.25) is 0 Å². The normalized spacial score (nSPS) is 10.0. The number of carbonyl (C=O) groups excluding carboxylic acids is 1. The molecule has 2 amide bonds. The van der Waals surface area contributed by atoms with Gasteiger partial charge in [0.25, 0.3) is 0 Å². The van der Waals surface area contributed by atoms with E-state index in [9.17, 15) is 4.79 Å². The summed E-state index contributed by atoms with van der Waals surface area (Å²) in [4.78, 5) is 9.60. The third-order valence-electron chi connectivity index (χ3n) is 3.71. The molecule has 0 heterocycles. The Hall–Kier alpha value is -0.810. The van der Waals surface area contributed by atoms with Crippen molar-refractivity contribution in [2.45, 2.75) is 104 Å². The second-order valence-electron chi connectivity index (χ2n) is 5.99. The van der Waals surface area contributed by atoms with E-state index in [0.717, 1.165) is 0 Å². The van der Waals surface area contributed by atoms with Gasteiger partial charge in [-0.05, 0) is 0 Å². The lowest BCUT2D eigenvalue weighted by molar-refractivity contribution is 0.210. The van der Waals surface area contributed by atoms with Crippen LogP contribution in [-0.4, -0.2) is 11.1 Å². The number of unbranched alkanes of at least 4 members (excludes halogenated alkanes) is 13. The number of hydrazine groups is 2. The third-order valence-corrected chi connectivity index (χ3v) is 3.71. The summed E-state index contributed by atoms with van der Waals surface area (Å²) >= 11 is 0. The third kappa shape index (κ3) is 24.2. The van der Waals surface area contributed by atoms with Gasteiger partial charge in [0.05, 0.1) is 0 Å². The Morgan fingerprint density at radius 3 is 0.955 bits per heavy atom. The topological polar surface area (TPSA) is 98.4 Å². The lowest BCUT2D eigenvalue weighted by Gasteiger charge is -2.02. The molecule has 0 saturated heterocycles. The highest BCUT2D eigenvalue weighted by molar-refractivity contribution is 5.70. The SMILES string of the molecule is CCCCCCCCCCCCCCCC.NC(=O)N(N)N. The van der Waals surface area contributed by atoms with Gasteiger partial charge in [-0.2, -0.15) is 5.12 Å². The van der Waals surface area contributed by atoms with E-state index in [2.05, 4.69) is 31.3 Å². The van der Waals surface area contributed by atoms with E-state index >= 15 is 0 Å². The molecule has 0 saturated carbocycles. The van der Waals surface area contributed by atoms with Gasteiger partial charge in [-0.25, -0.2) is 16.5 Å². The predicted molar refractivity (Wildman–Crippen MR) is 95.8 cm³/mol. The number of hydrogen-bond donors (Lipinski definition) is 3. The summed E-state index contributed by atoms with van der Waals surface area (Å²) in [6, 6.07) is -0.852. The van der Waals surface area contributed by atoms with E-state index in [4.69, 9.17) is 0 Å². The Morgan fingerprint density at radius 2 is 0.818 bits per heavy atom. The molecule has 5 nitrogen and oxygen atoms in total. The van der Waals surface area contributed by atoms with E-state index < -0.39 is 6.03 Å². The molecule has 0 aliphatic heterocycles. The van der Waals surface area contributed by atoms with Gasteiger partial charge in [-0.15, -0.1) is 0 Å². The number of carbonyl (C=O) groups is 1. The molecule has 6 N–H and O–H groups in total. The van der Waals surface area contributed by atoms with Crippen molar-refractivity contribution in [2.75, 3.05) is 0 Å². The van der Waals surface area contributed by atoms with Crippen molar-refractivity contribution < 1.29 is 4.79 Å². The van der Waals surface area contributed by atoms with Gasteiger partial charge in [-0.1, -0.05) is 104 Å². The molecular weight excluding hydrogens is 276 g/mol. The molecule has 0 rings (SSSR count). The lowest BCUT2D eigenvalue weighted by Crippen LogP contribution is -2.46. The smallest absolute Gasteiger partial charge is 0.343 e. The van der Waals surface area contributed by atoms with Gasteiger partial charge in [0, 0.05) is 0 Å². The zero-order chi connectivity index (χ0) is 17.1. The van der Waals surface area contributed by atoms with Crippen LogP contribution in [0, 0.1) is 0 Å². The summed E-state index contributed by atoms with van der Waals surface area (Å²) in [5, 5.41) is 0.306. The van der Waals surface area contributed by atoms with Crippen molar-refractivity contribution in [1.82, 2.24) is 5.12 Å². The standard InChI is InChI=1S/C16H34.CH6N4O/c1-3-5-7-9-11-13-15-16-14-12-10-8-6-4-2;2-1(6)5(3)4/h3-16H2,1-2H3;3-4H2,(H2,2,6). The van der Waals surface area contributed by atoms with Crippen LogP contribution in [0.4, 0.5) is 4.79 Å². The summed E-state index contributed by atoms with van der Waals surface area (Å²) in [6.07, 6.45) is 20.4. The fourth-order valence-corrected chi connectivity index (χ4v) is 2.27. The second kappa shape index (κ2) is 20.2. The first kappa shape index (κ1) is 23.5. The highest BCUT2D eigenvalue weighted by Crippen LogP contribution is 2.12. The van der Waals surface area contributed by atoms with Crippen molar-refractivity contribution in [3.8, 4) is 0 Å². The summed E-state index contributed by atoms with van der Waals surface area (Å²) in [7, 11) is 0. The fourth-order valence-electron chi connectivity index (χ4n) is 2.27. The van der Waals surface area contributed by atoms with E-state index in [1.807, 2.05) is 0 Å². The summed E-state index contributed by atoms with van der Waals surface area (Å²) in [5.74, 6) is 9.14. The lowest BCUT2D eigenvalue weighted by atomic mass is 10.0. The van der Waals surface area contributed by atoms with Crippen molar-refractivity contribution in [3.05, 3.63) is 0 Å². The molecule has 134 valence electrons. The molecule has 0 aromatic carbocycles. The Kier molecular flexibility index (Phi) is 21.5. The van der Waals surface area contributed by atoms with Crippen molar-refractivity contribution in [1.29, 1.82) is 0 Å². The number of primary amides is 1. The Labute approximate surface area is 137 Å². The van der Waals surface area contributed by atoms with Crippen molar-refractivity contribution in [2.24, 2.45) is 17.4 Å². The minimum atomic E-state index is -0.852.